The molecule has 0 atom stereocenters. The topological polar surface area (TPSA) is 50.3 Å². The minimum atomic E-state index is -3.86. The van der Waals surface area contributed by atoms with Crippen molar-refractivity contribution in [3.8, 4) is 0 Å². The standard InChI is InChI=1S/C12H12BrFN2O2S2/c1-8-11(19-7-15-8)6-16(2)20(17,18)12-4-3-9(13)5-10(12)14/h3-5,7H,6H2,1-2H3. The van der Waals surface area contributed by atoms with E-state index >= 15 is 0 Å². The van der Waals surface area contributed by atoms with Gasteiger partial charge < -0.3 is 0 Å². The molecule has 0 saturated heterocycles. The zero-order valence-electron chi connectivity index (χ0n) is 10.8. The summed E-state index contributed by atoms with van der Waals surface area (Å²) in [4.78, 5) is 4.58. The van der Waals surface area contributed by atoms with Crippen LogP contribution in [0.25, 0.3) is 0 Å². The monoisotopic (exact) mass is 378 g/mol. The zero-order valence-corrected chi connectivity index (χ0v) is 14.0. The van der Waals surface area contributed by atoms with Crippen molar-refractivity contribution >= 4 is 37.3 Å². The van der Waals surface area contributed by atoms with Crippen molar-refractivity contribution in [3.05, 3.63) is 44.6 Å². The van der Waals surface area contributed by atoms with Crippen molar-refractivity contribution in [3.63, 3.8) is 0 Å². The van der Waals surface area contributed by atoms with Crippen LogP contribution in [0, 0.1) is 12.7 Å². The Morgan fingerprint density at radius 1 is 1.45 bits per heavy atom. The number of rotatable bonds is 4. The Labute approximate surface area is 129 Å². The minimum absolute atomic E-state index is 0.175. The van der Waals surface area contributed by atoms with Gasteiger partial charge in [-0.05, 0) is 25.1 Å². The lowest BCUT2D eigenvalue weighted by Crippen LogP contribution is -2.27. The molecule has 1 aromatic heterocycles. The molecule has 0 amide bonds. The van der Waals surface area contributed by atoms with Crippen LogP contribution in [-0.2, 0) is 16.6 Å². The molecule has 0 saturated carbocycles. The first kappa shape index (κ1) is 15.6. The first-order chi connectivity index (χ1) is 9.32. The van der Waals surface area contributed by atoms with Crippen LogP contribution < -0.4 is 0 Å². The average molecular weight is 379 g/mol. The fourth-order valence-electron chi connectivity index (χ4n) is 1.62. The van der Waals surface area contributed by atoms with Crippen LogP contribution in [0.1, 0.15) is 10.6 Å². The van der Waals surface area contributed by atoms with Gasteiger partial charge in [-0.15, -0.1) is 11.3 Å². The van der Waals surface area contributed by atoms with E-state index in [4.69, 9.17) is 0 Å². The van der Waals surface area contributed by atoms with E-state index in [0.717, 1.165) is 20.9 Å². The van der Waals surface area contributed by atoms with E-state index in [-0.39, 0.29) is 11.4 Å². The van der Waals surface area contributed by atoms with Crippen LogP contribution in [0.4, 0.5) is 4.39 Å². The molecular formula is C12H12BrFN2O2S2. The lowest BCUT2D eigenvalue weighted by atomic mass is 10.3. The van der Waals surface area contributed by atoms with Crippen molar-refractivity contribution < 1.29 is 12.8 Å². The van der Waals surface area contributed by atoms with E-state index in [1.165, 1.54) is 30.5 Å². The second-order valence-electron chi connectivity index (χ2n) is 4.20. The Morgan fingerprint density at radius 3 is 2.70 bits per heavy atom. The Morgan fingerprint density at radius 2 is 2.15 bits per heavy atom. The molecule has 0 N–H and O–H groups in total. The summed E-state index contributed by atoms with van der Waals surface area (Å²) in [6.07, 6.45) is 0. The highest BCUT2D eigenvalue weighted by Crippen LogP contribution is 2.24. The number of sulfonamides is 1. The molecule has 2 rings (SSSR count). The molecule has 20 heavy (non-hydrogen) atoms. The van der Waals surface area contributed by atoms with Gasteiger partial charge in [0, 0.05) is 22.9 Å². The molecule has 4 nitrogen and oxygen atoms in total. The van der Waals surface area contributed by atoms with E-state index in [2.05, 4.69) is 20.9 Å². The SMILES string of the molecule is Cc1ncsc1CN(C)S(=O)(=O)c1ccc(Br)cc1F. The maximum Gasteiger partial charge on any atom is 0.246 e. The summed E-state index contributed by atoms with van der Waals surface area (Å²) in [7, 11) is -2.44. The van der Waals surface area contributed by atoms with E-state index in [0.29, 0.717) is 4.47 Å². The molecule has 0 aliphatic rings. The molecule has 0 bridgehead atoms. The molecule has 0 spiro atoms. The fourth-order valence-corrected chi connectivity index (χ4v) is 4.04. The van der Waals surface area contributed by atoms with Crippen LogP contribution in [0.5, 0.6) is 0 Å². The van der Waals surface area contributed by atoms with Gasteiger partial charge in [0.05, 0.1) is 11.2 Å². The number of nitrogens with zero attached hydrogens (tertiary/aromatic N) is 2. The predicted molar refractivity (Wildman–Crippen MR) is 79.6 cm³/mol. The van der Waals surface area contributed by atoms with Crippen molar-refractivity contribution in [2.45, 2.75) is 18.4 Å². The highest BCUT2D eigenvalue weighted by molar-refractivity contribution is 9.10. The second-order valence-corrected chi connectivity index (χ2v) is 8.07. The molecule has 1 aromatic carbocycles. The third-order valence-electron chi connectivity index (χ3n) is 2.79. The summed E-state index contributed by atoms with van der Waals surface area (Å²) >= 11 is 4.48. The van der Waals surface area contributed by atoms with Gasteiger partial charge in [-0.3, -0.25) is 0 Å². The van der Waals surface area contributed by atoms with Crippen LogP contribution in [0.2, 0.25) is 0 Å². The first-order valence-electron chi connectivity index (χ1n) is 5.62. The first-order valence-corrected chi connectivity index (χ1v) is 8.74. The second kappa shape index (κ2) is 5.88. The molecular weight excluding hydrogens is 367 g/mol. The van der Waals surface area contributed by atoms with E-state index in [1.807, 2.05) is 6.92 Å². The Balaban J connectivity index is 2.32. The lowest BCUT2D eigenvalue weighted by molar-refractivity contribution is 0.461. The zero-order chi connectivity index (χ0) is 14.9. The molecule has 1 heterocycles. The molecule has 8 heteroatoms. The normalized spacial score (nSPS) is 12.1. The van der Waals surface area contributed by atoms with Gasteiger partial charge in [0.15, 0.2) is 0 Å². The van der Waals surface area contributed by atoms with Crippen molar-refractivity contribution in [2.75, 3.05) is 7.05 Å². The van der Waals surface area contributed by atoms with Crippen molar-refractivity contribution in [1.82, 2.24) is 9.29 Å². The number of thiazole rings is 1. The van der Waals surface area contributed by atoms with E-state index in [1.54, 1.807) is 5.51 Å². The highest BCUT2D eigenvalue weighted by atomic mass is 79.9. The van der Waals surface area contributed by atoms with Gasteiger partial charge in [0.25, 0.3) is 0 Å². The smallest absolute Gasteiger partial charge is 0.246 e. The van der Waals surface area contributed by atoms with Crippen molar-refractivity contribution in [1.29, 1.82) is 0 Å². The summed E-state index contributed by atoms with van der Waals surface area (Å²) in [5, 5.41) is 0. The van der Waals surface area contributed by atoms with Gasteiger partial charge in [-0.25, -0.2) is 17.8 Å². The Bertz CT molecular complexity index is 731. The van der Waals surface area contributed by atoms with Crippen LogP contribution in [0.15, 0.2) is 33.1 Å². The van der Waals surface area contributed by atoms with Crippen molar-refractivity contribution in [2.24, 2.45) is 0 Å². The Hall–Kier alpha value is -0.830. The lowest BCUT2D eigenvalue weighted by Gasteiger charge is -2.17. The van der Waals surface area contributed by atoms with Gasteiger partial charge in [0.1, 0.15) is 10.7 Å². The predicted octanol–water partition coefficient (Wildman–Crippen LogP) is 3.17. The minimum Gasteiger partial charge on any atom is -0.250 e. The third kappa shape index (κ3) is 3.08. The molecule has 2 aromatic rings. The van der Waals surface area contributed by atoms with Crippen LogP contribution in [-0.4, -0.2) is 24.8 Å². The fraction of sp³-hybridized carbons (Fsp3) is 0.250. The molecule has 0 aliphatic carbocycles. The molecule has 0 aliphatic heterocycles. The number of benzene rings is 1. The number of hydrogen-bond acceptors (Lipinski definition) is 4. The Kier molecular flexibility index (Phi) is 4.58. The average Bonchev–Trinajstić information content (AvgIpc) is 2.74. The van der Waals surface area contributed by atoms with E-state index < -0.39 is 15.8 Å². The largest absolute Gasteiger partial charge is 0.250 e. The summed E-state index contributed by atoms with van der Waals surface area (Å²) in [5.74, 6) is -0.771. The quantitative estimate of drug-likeness (QED) is 0.820. The van der Waals surface area contributed by atoms with Gasteiger partial charge >= 0.3 is 0 Å². The van der Waals surface area contributed by atoms with Crippen LogP contribution >= 0.6 is 27.3 Å². The number of aromatic nitrogens is 1. The van der Waals surface area contributed by atoms with Gasteiger partial charge in [-0.2, -0.15) is 4.31 Å². The summed E-state index contributed by atoms with van der Waals surface area (Å²) < 4.78 is 40.2. The maximum absolute atomic E-state index is 13.8. The maximum atomic E-state index is 13.8. The highest BCUT2D eigenvalue weighted by Gasteiger charge is 2.25. The third-order valence-corrected chi connectivity index (χ3v) is 6.04. The van der Waals surface area contributed by atoms with Gasteiger partial charge in [0.2, 0.25) is 10.0 Å². The summed E-state index contributed by atoms with van der Waals surface area (Å²) in [6.45, 7) is 1.99. The molecule has 0 unspecified atom stereocenters. The number of halogens is 2. The molecule has 0 fully saturated rings. The molecule has 0 radical (unpaired) electrons. The number of hydrogen-bond donors (Lipinski definition) is 0. The van der Waals surface area contributed by atoms with Crippen LogP contribution in [0.3, 0.4) is 0 Å². The molecule has 108 valence electrons. The summed E-state index contributed by atoms with van der Waals surface area (Å²) in [5.41, 5.74) is 2.44. The van der Waals surface area contributed by atoms with Gasteiger partial charge in [-0.1, -0.05) is 15.9 Å². The number of aryl methyl sites for hydroxylation is 1. The summed E-state index contributed by atoms with van der Waals surface area (Å²) in [6, 6.07) is 3.89. The van der Waals surface area contributed by atoms with E-state index in [9.17, 15) is 12.8 Å².